The fraction of sp³-hybridized carbons (Fsp3) is 0.294. The molecule has 2 heterocycles. The van der Waals surface area contributed by atoms with Gasteiger partial charge in [0.25, 0.3) is 5.19 Å². The van der Waals surface area contributed by atoms with Crippen LogP contribution in [0.1, 0.15) is 22.2 Å². The van der Waals surface area contributed by atoms with E-state index in [0.717, 1.165) is 16.1 Å². The Morgan fingerprint density at radius 3 is 3.08 bits per heavy atom. The molecule has 0 spiro atoms. The molecule has 2 aromatic rings. The van der Waals surface area contributed by atoms with Crippen molar-refractivity contribution in [3.63, 3.8) is 0 Å². The lowest BCUT2D eigenvalue weighted by Crippen LogP contribution is -2.35. The molecule has 1 unspecified atom stereocenters. The number of nitrogens with one attached hydrogen (secondary N) is 3. The quantitative estimate of drug-likeness (QED) is 0.399. The van der Waals surface area contributed by atoms with Crippen LogP contribution in [0.2, 0.25) is 0 Å². The molecule has 132 valence electrons. The third kappa shape index (κ3) is 4.86. The van der Waals surface area contributed by atoms with Crippen LogP contribution in [0.15, 0.2) is 43.0 Å². The molecule has 1 aliphatic heterocycles. The predicted octanol–water partition coefficient (Wildman–Crippen LogP) is 2.28. The molecule has 0 bridgehead atoms. The second-order valence-electron chi connectivity index (χ2n) is 5.42. The van der Waals surface area contributed by atoms with Crippen molar-refractivity contribution in [2.45, 2.75) is 19.1 Å². The molecule has 0 saturated heterocycles. The number of hydrogen-bond acceptors (Lipinski definition) is 7. The van der Waals surface area contributed by atoms with Gasteiger partial charge in [-0.1, -0.05) is 47.7 Å². The number of fused-ring (bicyclic) bond motifs is 1. The first-order chi connectivity index (χ1) is 12.3. The maximum atomic E-state index is 12.0. The Hall–Kier alpha value is -2.26. The van der Waals surface area contributed by atoms with E-state index in [9.17, 15) is 4.79 Å². The van der Waals surface area contributed by atoms with Gasteiger partial charge in [-0.3, -0.25) is 4.84 Å². The van der Waals surface area contributed by atoms with Gasteiger partial charge in [0.15, 0.2) is 0 Å². The predicted molar refractivity (Wildman–Crippen MR) is 95.2 cm³/mol. The number of ether oxygens (including phenoxy) is 1. The highest BCUT2D eigenvalue weighted by atomic mass is 32.1. The molecule has 1 amide bonds. The highest BCUT2D eigenvalue weighted by molar-refractivity contribution is 7.13. The van der Waals surface area contributed by atoms with Crippen molar-refractivity contribution >= 4 is 17.4 Å². The van der Waals surface area contributed by atoms with E-state index in [1.807, 2.05) is 30.3 Å². The van der Waals surface area contributed by atoms with E-state index in [-0.39, 0.29) is 6.04 Å². The molecule has 7 nitrogen and oxygen atoms in total. The number of rotatable bonds is 7. The number of hydroxylamine groups is 1. The fourth-order valence-corrected chi connectivity index (χ4v) is 3.37. The third-order valence-corrected chi connectivity index (χ3v) is 4.64. The van der Waals surface area contributed by atoms with Crippen LogP contribution in [0, 0.1) is 0 Å². The Bertz CT molecular complexity index is 720. The van der Waals surface area contributed by atoms with Crippen LogP contribution in [0.25, 0.3) is 0 Å². The number of carbonyl (C=O) groups excluding carboxylic acids is 1. The van der Waals surface area contributed by atoms with Gasteiger partial charge in [0.1, 0.15) is 0 Å². The van der Waals surface area contributed by atoms with Crippen molar-refractivity contribution in [3.05, 3.63) is 59.1 Å². The molecule has 3 N–H and O–H groups in total. The molecular formula is C17H20N4O3S. The summed E-state index contributed by atoms with van der Waals surface area (Å²) < 4.78 is 5.31. The van der Waals surface area contributed by atoms with E-state index >= 15 is 0 Å². The Labute approximate surface area is 150 Å². The Balaban J connectivity index is 1.56. The van der Waals surface area contributed by atoms with Gasteiger partial charge < -0.3 is 15.4 Å². The fourth-order valence-electron chi connectivity index (χ4n) is 2.40. The zero-order chi connectivity index (χ0) is 17.5. The van der Waals surface area contributed by atoms with Crippen LogP contribution >= 0.6 is 11.3 Å². The number of carbonyl (C=O) groups is 1. The molecular weight excluding hydrogens is 340 g/mol. The summed E-state index contributed by atoms with van der Waals surface area (Å²) in [5, 5.41) is 6.30. The van der Waals surface area contributed by atoms with E-state index < -0.39 is 6.09 Å². The van der Waals surface area contributed by atoms with Gasteiger partial charge >= 0.3 is 6.09 Å². The molecule has 1 aromatic heterocycles. The van der Waals surface area contributed by atoms with Crippen LogP contribution in [-0.2, 0) is 17.9 Å². The SMILES string of the molecule is C=CCONC1CNCc2nc(OC(=O)NCc3ccccc3)sc21. The molecule has 3 rings (SSSR count). The van der Waals surface area contributed by atoms with E-state index in [0.29, 0.717) is 31.4 Å². The van der Waals surface area contributed by atoms with E-state index in [2.05, 4.69) is 27.7 Å². The normalized spacial score (nSPS) is 16.1. The van der Waals surface area contributed by atoms with Crippen molar-refractivity contribution in [1.82, 2.24) is 21.1 Å². The zero-order valence-electron chi connectivity index (χ0n) is 13.7. The zero-order valence-corrected chi connectivity index (χ0v) is 14.5. The van der Waals surface area contributed by atoms with Gasteiger partial charge in [-0.2, -0.15) is 5.48 Å². The van der Waals surface area contributed by atoms with Gasteiger partial charge in [0.05, 0.1) is 23.2 Å². The molecule has 1 aromatic carbocycles. The van der Waals surface area contributed by atoms with Crippen molar-refractivity contribution in [2.24, 2.45) is 0 Å². The number of aromatic nitrogens is 1. The lowest BCUT2D eigenvalue weighted by atomic mass is 10.1. The third-order valence-electron chi connectivity index (χ3n) is 3.55. The number of nitrogens with zero attached hydrogens (tertiary/aromatic N) is 1. The van der Waals surface area contributed by atoms with Gasteiger partial charge in [0, 0.05) is 19.6 Å². The van der Waals surface area contributed by atoms with Gasteiger partial charge in [0.2, 0.25) is 0 Å². The number of thiazole rings is 1. The van der Waals surface area contributed by atoms with E-state index in [4.69, 9.17) is 9.57 Å². The topological polar surface area (TPSA) is 84.5 Å². The van der Waals surface area contributed by atoms with Crippen molar-refractivity contribution in [1.29, 1.82) is 0 Å². The first kappa shape index (κ1) is 17.6. The molecule has 8 heteroatoms. The minimum absolute atomic E-state index is 0.0362. The maximum Gasteiger partial charge on any atom is 0.414 e. The van der Waals surface area contributed by atoms with E-state index in [1.54, 1.807) is 6.08 Å². The first-order valence-electron chi connectivity index (χ1n) is 7.94. The number of benzene rings is 1. The van der Waals surface area contributed by atoms with Crippen LogP contribution < -0.4 is 20.9 Å². The summed E-state index contributed by atoms with van der Waals surface area (Å²) in [7, 11) is 0. The summed E-state index contributed by atoms with van der Waals surface area (Å²) in [5.41, 5.74) is 4.84. The lowest BCUT2D eigenvalue weighted by molar-refractivity contribution is 0.0333. The summed E-state index contributed by atoms with van der Waals surface area (Å²) in [4.78, 5) is 22.7. The average Bonchev–Trinajstić information content (AvgIpc) is 3.04. The molecule has 1 atom stereocenters. The summed E-state index contributed by atoms with van der Waals surface area (Å²) in [6.45, 7) is 5.78. The molecule has 0 radical (unpaired) electrons. The summed E-state index contributed by atoms with van der Waals surface area (Å²) >= 11 is 1.35. The van der Waals surface area contributed by atoms with Gasteiger partial charge in [-0.05, 0) is 5.56 Å². The highest BCUT2D eigenvalue weighted by Gasteiger charge is 2.25. The molecule has 1 aliphatic rings. The maximum absolute atomic E-state index is 12.0. The molecule has 0 aliphatic carbocycles. The molecule has 0 fully saturated rings. The first-order valence-corrected chi connectivity index (χ1v) is 8.76. The smallest absolute Gasteiger partial charge is 0.381 e. The van der Waals surface area contributed by atoms with E-state index in [1.165, 1.54) is 11.3 Å². The van der Waals surface area contributed by atoms with Crippen LogP contribution in [-0.4, -0.2) is 24.2 Å². The van der Waals surface area contributed by atoms with Gasteiger partial charge in [-0.15, -0.1) is 6.58 Å². The standard InChI is InChI=1S/C17H20N4O3S/c1-2-8-23-21-14-11-18-10-13-15(14)25-17(20-13)24-16(22)19-9-12-6-4-3-5-7-12/h2-7,14,18,21H,1,8-11H2,(H,19,22). The summed E-state index contributed by atoms with van der Waals surface area (Å²) in [5.74, 6) is 0. The number of amides is 1. The Morgan fingerprint density at radius 1 is 1.44 bits per heavy atom. The van der Waals surface area contributed by atoms with Crippen molar-refractivity contribution in [2.75, 3.05) is 13.2 Å². The van der Waals surface area contributed by atoms with Crippen LogP contribution in [0.3, 0.4) is 0 Å². The minimum Gasteiger partial charge on any atom is -0.381 e. The van der Waals surface area contributed by atoms with Crippen molar-refractivity contribution in [3.8, 4) is 5.19 Å². The minimum atomic E-state index is -0.518. The van der Waals surface area contributed by atoms with Gasteiger partial charge in [-0.25, -0.2) is 9.78 Å². The lowest BCUT2D eigenvalue weighted by Gasteiger charge is -2.22. The average molecular weight is 360 g/mol. The second kappa shape index (κ2) is 8.72. The van der Waals surface area contributed by atoms with Crippen molar-refractivity contribution < 1.29 is 14.4 Å². The second-order valence-corrected chi connectivity index (χ2v) is 6.41. The Morgan fingerprint density at radius 2 is 2.28 bits per heavy atom. The summed E-state index contributed by atoms with van der Waals surface area (Å²) in [6, 6.07) is 9.61. The summed E-state index contributed by atoms with van der Waals surface area (Å²) in [6.07, 6.45) is 1.15. The largest absolute Gasteiger partial charge is 0.414 e. The molecule has 25 heavy (non-hydrogen) atoms. The highest BCUT2D eigenvalue weighted by Crippen LogP contribution is 2.32. The number of hydrogen-bond donors (Lipinski definition) is 3. The molecule has 0 saturated carbocycles. The monoisotopic (exact) mass is 360 g/mol. The van der Waals surface area contributed by atoms with Crippen LogP contribution in [0.5, 0.6) is 5.19 Å². The Kier molecular flexibility index (Phi) is 6.13. The van der Waals surface area contributed by atoms with Crippen LogP contribution in [0.4, 0.5) is 4.79 Å².